The van der Waals surface area contributed by atoms with Crippen LogP contribution in [0.15, 0.2) is 71.9 Å². The maximum absolute atomic E-state index is 12.6. The maximum atomic E-state index is 12.6. The van der Waals surface area contributed by atoms with E-state index in [0.29, 0.717) is 35.9 Å². The zero-order chi connectivity index (χ0) is 30.6. The van der Waals surface area contributed by atoms with Gasteiger partial charge in [-0.1, -0.05) is 42.8 Å². The molecule has 0 bridgehead atoms. The molecule has 2 heterocycles. The molecule has 3 atom stereocenters. The quantitative estimate of drug-likeness (QED) is 0.143. The van der Waals surface area contributed by atoms with Crippen LogP contribution < -0.4 is 10.6 Å². The van der Waals surface area contributed by atoms with Crippen molar-refractivity contribution in [1.82, 2.24) is 10.3 Å². The van der Waals surface area contributed by atoms with Gasteiger partial charge in [0.15, 0.2) is 6.29 Å². The highest BCUT2D eigenvalue weighted by atomic mass is 32.2. The van der Waals surface area contributed by atoms with E-state index in [2.05, 4.69) is 15.6 Å². The lowest BCUT2D eigenvalue weighted by molar-refractivity contribution is -0.245. The summed E-state index contributed by atoms with van der Waals surface area (Å²) in [6.45, 7) is 2.04. The van der Waals surface area contributed by atoms with E-state index in [9.17, 15) is 24.6 Å². The third-order valence-electron chi connectivity index (χ3n) is 6.92. The number of aliphatic hydroxyl groups excluding tert-OH is 1. The van der Waals surface area contributed by atoms with E-state index in [1.165, 1.54) is 24.8 Å². The van der Waals surface area contributed by atoms with Crippen LogP contribution in [0.5, 0.6) is 0 Å². The van der Waals surface area contributed by atoms with Gasteiger partial charge in [0.05, 0.1) is 24.4 Å². The second-order valence-electron chi connectivity index (χ2n) is 10.3. The number of hydrogen-bond acceptors (Lipinski definition) is 8. The van der Waals surface area contributed by atoms with Gasteiger partial charge in [-0.25, -0.2) is 9.78 Å². The van der Waals surface area contributed by atoms with Crippen molar-refractivity contribution in [3.05, 3.63) is 89.1 Å². The number of nitrogens with one attached hydrogen (secondary N) is 2. The number of rotatable bonds is 14. The first-order valence-corrected chi connectivity index (χ1v) is 15.3. The number of carbonyl (C=O) groups is 3. The van der Waals surface area contributed by atoms with Crippen LogP contribution in [0.3, 0.4) is 0 Å². The Kier molecular flexibility index (Phi) is 12.1. The minimum Gasteiger partial charge on any atom is -0.478 e. The molecule has 10 nitrogen and oxygen atoms in total. The molecular formula is C32H37N3O7S. The van der Waals surface area contributed by atoms with Gasteiger partial charge >= 0.3 is 5.97 Å². The molecule has 3 aromatic rings. The van der Waals surface area contributed by atoms with E-state index in [0.717, 1.165) is 36.0 Å². The van der Waals surface area contributed by atoms with Crippen molar-refractivity contribution in [3.63, 3.8) is 0 Å². The summed E-state index contributed by atoms with van der Waals surface area (Å²) in [7, 11) is 0. The fourth-order valence-electron chi connectivity index (χ4n) is 4.70. The van der Waals surface area contributed by atoms with Crippen molar-refractivity contribution in [2.45, 2.75) is 69.2 Å². The Hall–Kier alpha value is -3.77. The summed E-state index contributed by atoms with van der Waals surface area (Å²) in [5.74, 6) is -0.726. The standard InChI is InChI=1S/C32H37N3O7S/c1-21(37)33-15-4-2-3-10-29(38)35-25-8-5-7-24(17-25)32-41-26(20-43-30-27(31(39)40)9-6-16-34-30)18-28(42-32)23-13-11-22(19-36)12-14-23/h5-9,11-14,16-17,26,28,32,36H,2-4,10,15,18-20H2,1H3,(H,33,37)(H,35,38)(H,39,40)/t26-,28+,32+/m0/s1. The Balaban J connectivity index is 1.43. The van der Waals surface area contributed by atoms with Crippen LogP contribution >= 0.6 is 11.8 Å². The van der Waals surface area contributed by atoms with Gasteiger partial charge in [-0.3, -0.25) is 9.59 Å². The van der Waals surface area contributed by atoms with E-state index < -0.39 is 12.3 Å². The minimum absolute atomic E-state index is 0.0532. The van der Waals surface area contributed by atoms with Gasteiger partial charge in [0.1, 0.15) is 5.03 Å². The monoisotopic (exact) mass is 607 g/mol. The molecule has 228 valence electrons. The molecule has 1 fully saturated rings. The van der Waals surface area contributed by atoms with Gasteiger partial charge in [-0.15, -0.1) is 11.8 Å². The van der Waals surface area contributed by atoms with Crippen LogP contribution in [-0.4, -0.2) is 51.4 Å². The lowest BCUT2D eigenvalue weighted by atomic mass is 10.0. The topological polar surface area (TPSA) is 147 Å². The first-order valence-electron chi connectivity index (χ1n) is 14.3. The average Bonchev–Trinajstić information content (AvgIpc) is 3.01. The number of ether oxygens (including phenoxy) is 2. The number of aromatic carboxylic acids is 1. The Bertz CT molecular complexity index is 1390. The van der Waals surface area contributed by atoms with Gasteiger partial charge in [-0.2, -0.15) is 0 Å². The highest BCUT2D eigenvalue weighted by molar-refractivity contribution is 7.99. The number of nitrogens with zero attached hydrogens (tertiary/aromatic N) is 1. The maximum Gasteiger partial charge on any atom is 0.338 e. The number of benzene rings is 2. The summed E-state index contributed by atoms with van der Waals surface area (Å²) in [4.78, 5) is 39.4. The summed E-state index contributed by atoms with van der Waals surface area (Å²) in [6.07, 6.45) is 3.53. The van der Waals surface area contributed by atoms with Gasteiger partial charge in [0.2, 0.25) is 11.8 Å². The largest absolute Gasteiger partial charge is 0.478 e. The second-order valence-corrected chi connectivity index (χ2v) is 11.3. The first-order chi connectivity index (χ1) is 20.8. The van der Waals surface area contributed by atoms with Crippen molar-refractivity contribution in [1.29, 1.82) is 0 Å². The smallest absolute Gasteiger partial charge is 0.338 e. The second kappa shape index (κ2) is 16.2. The first kappa shape index (κ1) is 32.2. The van der Waals surface area contributed by atoms with E-state index >= 15 is 0 Å². The Morgan fingerprint density at radius 3 is 2.56 bits per heavy atom. The molecule has 0 spiro atoms. The molecule has 1 aliphatic rings. The molecule has 1 saturated heterocycles. The van der Waals surface area contributed by atoms with Crippen LogP contribution in [0.2, 0.25) is 0 Å². The van der Waals surface area contributed by atoms with Gasteiger partial charge < -0.3 is 30.3 Å². The van der Waals surface area contributed by atoms with Crippen molar-refractivity contribution in [2.75, 3.05) is 17.6 Å². The van der Waals surface area contributed by atoms with E-state index in [-0.39, 0.29) is 36.2 Å². The molecular weight excluding hydrogens is 570 g/mol. The fourth-order valence-corrected chi connectivity index (χ4v) is 5.71. The van der Waals surface area contributed by atoms with Crippen LogP contribution in [0.4, 0.5) is 5.69 Å². The van der Waals surface area contributed by atoms with E-state index in [4.69, 9.17) is 9.47 Å². The van der Waals surface area contributed by atoms with Gasteiger partial charge in [0, 0.05) is 49.5 Å². The fraction of sp³-hybridized carbons (Fsp3) is 0.375. The average molecular weight is 608 g/mol. The molecule has 11 heteroatoms. The number of aliphatic hydroxyl groups is 1. The molecule has 4 rings (SSSR count). The van der Waals surface area contributed by atoms with E-state index in [1.807, 2.05) is 48.5 Å². The Labute approximate surface area is 255 Å². The highest BCUT2D eigenvalue weighted by Crippen LogP contribution is 2.40. The molecule has 0 saturated carbocycles. The van der Waals surface area contributed by atoms with E-state index in [1.54, 1.807) is 12.3 Å². The van der Waals surface area contributed by atoms with Gasteiger partial charge in [-0.05, 0) is 48.2 Å². The number of aromatic nitrogens is 1. The molecule has 0 radical (unpaired) electrons. The normalized spacial score (nSPS) is 18.1. The molecule has 0 aliphatic carbocycles. The lowest BCUT2D eigenvalue weighted by Gasteiger charge is -2.36. The molecule has 1 aromatic heterocycles. The van der Waals surface area contributed by atoms with Crippen molar-refractivity contribution in [2.24, 2.45) is 0 Å². The molecule has 43 heavy (non-hydrogen) atoms. The predicted octanol–water partition coefficient (Wildman–Crippen LogP) is 5.24. The Morgan fingerprint density at radius 2 is 1.81 bits per heavy atom. The summed E-state index contributed by atoms with van der Waals surface area (Å²) >= 11 is 1.32. The number of amides is 2. The minimum atomic E-state index is -1.04. The third kappa shape index (κ3) is 9.89. The zero-order valence-electron chi connectivity index (χ0n) is 24.0. The molecule has 4 N–H and O–H groups in total. The number of pyridine rings is 1. The number of hydrogen-bond donors (Lipinski definition) is 4. The highest BCUT2D eigenvalue weighted by Gasteiger charge is 2.32. The number of carboxylic acids is 1. The summed E-state index contributed by atoms with van der Waals surface area (Å²) in [5, 5.41) is 25.1. The zero-order valence-corrected chi connectivity index (χ0v) is 24.8. The van der Waals surface area contributed by atoms with Crippen LogP contribution in [0, 0.1) is 0 Å². The number of thioether (sulfide) groups is 1. The van der Waals surface area contributed by atoms with Gasteiger partial charge in [0.25, 0.3) is 0 Å². The molecule has 0 unspecified atom stereocenters. The van der Waals surface area contributed by atoms with Crippen molar-refractivity contribution >= 4 is 35.2 Å². The Morgan fingerprint density at radius 1 is 1.00 bits per heavy atom. The number of anilines is 1. The summed E-state index contributed by atoms with van der Waals surface area (Å²) < 4.78 is 12.8. The van der Waals surface area contributed by atoms with Crippen LogP contribution in [-0.2, 0) is 25.7 Å². The molecule has 2 amide bonds. The summed E-state index contributed by atoms with van der Waals surface area (Å²) in [5.41, 5.74) is 3.25. The summed E-state index contributed by atoms with van der Waals surface area (Å²) in [6, 6.07) is 18.1. The number of carboxylic acid groups (broad SMARTS) is 1. The van der Waals surface area contributed by atoms with Crippen LogP contribution in [0.1, 0.15) is 78.5 Å². The van der Waals surface area contributed by atoms with Crippen molar-refractivity contribution in [3.8, 4) is 0 Å². The lowest BCUT2D eigenvalue weighted by Crippen LogP contribution is -2.31. The van der Waals surface area contributed by atoms with Crippen LogP contribution in [0.25, 0.3) is 0 Å². The molecule has 2 aromatic carbocycles. The van der Waals surface area contributed by atoms with Crippen molar-refractivity contribution < 1.29 is 34.1 Å². The number of unbranched alkanes of at least 4 members (excludes halogenated alkanes) is 2. The number of carbonyl (C=O) groups excluding carboxylic acids is 2. The SMILES string of the molecule is CC(=O)NCCCCCC(=O)Nc1cccc([C@@H]2O[C@H](CSc3ncccc3C(=O)O)C[C@H](c3ccc(CO)cc3)O2)c1. The predicted molar refractivity (Wildman–Crippen MR) is 163 cm³/mol. The molecule has 1 aliphatic heterocycles. The third-order valence-corrected chi connectivity index (χ3v) is 8.06.